The zero-order valence-corrected chi connectivity index (χ0v) is 16.9. The normalized spacial score (nSPS) is 23.1. The molecule has 0 N–H and O–H groups in total. The fourth-order valence-electron chi connectivity index (χ4n) is 4.68. The smallest absolute Gasteiger partial charge is 0.410 e. The highest BCUT2D eigenvalue weighted by Gasteiger charge is 2.43. The molecule has 27 heavy (non-hydrogen) atoms. The van der Waals surface area contributed by atoms with Crippen LogP contribution < -0.4 is 4.74 Å². The van der Waals surface area contributed by atoms with Gasteiger partial charge >= 0.3 is 6.09 Å². The van der Waals surface area contributed by atoms with Crippen molar-refractivity contribution in [3.8, 4) is 5.75 Å². The molecule has 0 bridgehead atoms. The summed E-state index contributed by atoms with van der Waals surface area (Å²) in [7, 11) is 0. The zero-order chi connectivity index (χ0) is 19.1. The van der Waals surface area contributed by atoms with Gasteiger partial charge in [-0.1, -0.05) is 18.2 Å². The average molecular weight is 373 g/mol. The van der Waals surface area contributed by atoms with E-state index in [-0.39, 0.29) is 11.7 Å². The molecule has 1 spiro atoms. The van der Waals surface area contributed by atoms with Gasteiger partial charge in [0.1, 0.15) is 17.0 Å². The van der Waals surface area contributed by atoms with Crippen LogP contribution in [-0.4, -0.2) is 59.3 Å². The van der Waals surface area contributed by atoms with Crippen LogP contribution in [0.4, 0.5) is 4.79 Å². The number of hydrogen-bond donors (Lipinski definition) is 0. The number of piperidine rings is 2. The molecule has 0 aliphatic carbocycles. The Labute approximate surface area is 162 Å². The molecule has 0 saturated carbocycles. The molecular weight excluding hydrogens is 340 g/mol. The lowest BCUT2D eigenvalue weighted by molar-refractivity contribution is -0.0116. The molecule has 2 fully saturated rings. The summed E-state index contributed by atoms with van der Waals surface area (Å²) in [5.74, 6) is 1.08. The lowest BCUT2D eigenvalue weighted by Crippen LogP contribution is -2.53. The fourth-order valence-corrected chi connectivity index (χ4v) is 4.68. The van der Waals surface area contributed by atoms with Crippen molar-refractivity contribution in [1.82, 2.24) is 9.80 Å². The van der Waals surface area contributed by atoms with E-state index in [9.17, 15) is 4.79 Å². The Hall–Kier alpha value is -1.75. The lowest BCUT2D eigenvalue weighted by atomic mass is 9.86. The molecule has 148 valence electrons. The van der Waals surface area contributed by atoms with Gasteiger partial charge in [0.05, 0.1) is 0 Å². The summed E-state index contributed by atoms with van der Waals surface area (Å²) >= 11 is 0. The minimum absolute atomic E-state index is 0.0113. The van der Waals surface area contributed by atoms with Crippen LogP contribution >= 0.6 is 0 Å². The van der Waals surface area contributed by atoms with Crippen LogP contribution in [0.2, 0.25) is 0 Å². The van der Waals surface area contributed by atoms with Gasteiger partial charge in [0.15, 0.2) is 0 Å². The molecule has 3 aliphatic rings. The van der Waals surface area contributed by atoms with Crippen LogP contribution in [0.5, 0.6) is 5.75 Å². The summed E-state index contributed by atoms with van der Waals surface area (Å²) in [6.07, 6.45) is 5.13. The van der Waals surface area contributed by atoms with E-state index in [4.69, 9.17) is 9.47 Å². The van der Waals surface area contributed by atoms with Gasteiger partial charge in [0.2, 0.25) is 0 Å². The first-order valence-corrected chi connectivity index (χ1v) is 10.3. The minimum Gasteiger partial charge on any atom is -0.487 e. The molecule has 0 aromatic heterocycles. The Morgan fingerprint density at radius 3 is 2.41 bits per heavy atom. The van der Waals surface area contributed by atoms with E-state index in [0.717, 1.165) is 64.0 Å². The number of carbonyl (C=O) groups is 1. The van der Waals surface area contributed by atoms with Gasteiger partial charge in [-0.05, 0) is 45.2 Å². The summed E-state index contributed by atoms with van der Waals surface area (Å²) < 4.78 is 11.9. The van der Waals surface area contributed by atoms with Gasteiger partial charge in [-0.2, -0.15) is 0 Å². The predicted molar refractivity (Wildman–Crippen MR) is 105 cm³/mol. The molecule has 0 unspecified atom stereocenters. The van der Waals surface area contributed by atoms with Crippen molar-refractivity contribution >= 4 is 6.09 Å². The van der Waals surface area contributed by atoms with Crippen molar-refractivity contribution in [2.45, 2.75) is 70.1 Å². The Morgan fingerprint density at radius 1 is 1.11 bits per heavy atom. The van der Waals surface area contributed by atoms with E-state index >= 15 is 0 Å². The molecule has 1 amide bonds. The molecule has 5 heteroatoms. The minimum atomic E-state index is -0.423. The number of fused-ring (bicyclic) bond motifs is 1. The highest BCUT2D eigenvalue weighted by Crippen LogP contribution is 2.41. The number of ether oxygens (including phenoxy) is 2. The number of rotatable bonds is 1. The van der Waals surface area contributed by atoms with E-state index < -0.39 is 5.60 Å². The van der Waals surface area contributed by atoms with E-state index in [1.807, 2.05) is 25.7 Å². The first kappa shape index (κ1) is 18.6. The van der Waals surface area contributed by atoms with Crippen LogP contribution in [0.1, 0.15) is 52.0 Å². The molecule has 1 aromatic carbocycles. The van der Waals surface area contributed by atoms with E-state index in [2.05, 4.69) is 29.2 Å². The van der Waals surface area contributed by atoms with E-state index in [1.165, 1.54) is 5.56 Å². The molecule has 0 atom stereocenters. The molecule has 3 aliphatic heterocycles. The maximum Gasteiger partial charge on any atom is 0.410 e. The second kappa shape index (κ2) is 7.01. The third-order valence-electron chi connectivity index (χ3n) is 6.15. The highest BCUT2D eigenvalue weighted by atomic mass is 16.6. The monoisotopic (exact) mass is 372 g/mol. The quantitative estimate of drug-likeness (QED) is 0.751. The molecule has 5 nitrogen and oxygen atoms in total. The SMILES string of the molecule is CC(C)(C)OC(=O)N1CCC(N2CCC3(CC2)Cc2ccccc2O3)CC1. The summed E-state index contributed by atoms with van der Waals surface area (Å²) in [4.78, 5) is 16.7. The Morgan fingerprint density at radius 2 is 1.78 bits per heavy atom. The molecule has 0 radical (unpaired) electrons. The first-order chi connectivity index (χ1) is 12.8. The molecule has 4 rings (SSSR count). The first-order valence-electron chi connectivity index (χ1n) is 10.3. The van der Waals surface area contributed by atoms with Crippen LogP contribution in [0.3, 0.4) is 0 Å². The Balaban J connectivity index is 1.26. The third kappa shape index (κ3) is 4.08. The third-order valence-corrected chi connectivity index (χ3v) is 6.15. The number of carbonyl (C=O) groups excluding carboxylic acids is 1. The number of benzene rings is 1. The molecule has 2 saturated heterocycles. The number of nitrogens with zero attached hydrogens (tertiary/aromatic N) is 2. The van der Waals surface area contributed by atoms with Crippen LogP contribution in [0.25, 0.3) is 0 Å². The second-order valence-electron chi connectivity index (χ2n) is 9.30. The van der Waals surface area contributed by atoms with Crippen LogP contribution in [0.15, 0.2) is 24.3 Å². The van der Waals surface area contributed by atoms with Crippen LogP contribution in [-0.2, 0) is 11.2 Å². The summed E-state index contributed by atoms with van der Waals surface area (Å²) in [5.41, 5.74) is 0.947. The number of amides is 1. The van der Waals surface area contributed by atoms with Gasteiger partial charge in [-0.15, -0.1) is 0 Å². The van der Waals surface area contributed by atoms with Crippen molar-refractivity contribution in [2.24, 2.45) is 0 Å². The predicted octanol–water partition coefficient (Wildman–Crippen LogP) is 3.86. The van der Waals surface area contributed by atoms with Gasteiger partial charge in [0, 0.05) is 51.5 Å². The van der Waals surface area contributed by atoms with Gasteiger partial charge < -0.3 is 14.4 Å². The average Bonchev–Trinajstić information content (AvgIpc) is 2.98. The number of likely N-dealkylation sites (tertiary alicyclic amines) is 2. The molecule has 1 aromatic rings. The fraction of sp³-hybridized carbons (Fsp3) is 0.682. The van der Waals surface area contributed by atoms with Crippen LogP contribution in [0, 0.1) is 0 Å². The summed E-state index contributed by atoms with van der Waals surface area (Å²) in [6, 6.07) is 9.04. The Kier molecular flexibility index (Phi) is 4.83. The van der Waals surface area contributed by atoms with E-state index in [1.54, 1.807) is 0 Å². The van der Waals surface area contributed by atoms with Gasteiger partial charge in [-0.25, -0.2) is 4.79 Å². The van der Waals surface area contributed by atoms with Crippen molar-refractivity contribution in [3.05, 3.63) is 29.8 Å². The van der Waals surface area contributed by atoms with Gasteiger partial charge in [0.25, 0.3) is 0 Å². The van der Waals surface area contributed by atoms with Crippen molar-refractivity contribution in [1.29, 1.82) is 0 Å². The zero-order valence-electron chi connectivity index (χ0n) is 16.9. The summed E-state index contributed by atoms with van der Waals surface area (Å²) in [6.45, 7) is 9.53. The largest absolute Gasteiger partial charge is 0.487 e. The lowest BCUT2D eigenvalue weighted by Gasteiger charge is -2.44. The standard InChI is InChI=1S/C22H32N2O3/c1-21(2,3)27-20(25)24-12-8-18(9-13-24)23-14-10-22(11-15-23)16-17-6-4-5-7-19(17)26-22/h4-7,18H,8-16H2,1-3H3. The van der Waals surface area contributed by atoms with E-state index in [0.29, 0.717) is 6.04 Å². The topological polar surface area (TPSA) is 42.0 Å². The van der Waals surface area contributed by atoms with Crippen molar-refractivity contribution < 1.29 is 14.3 Å². The number of para-hydroxylation sites is 1. The maximum absolute atomic E-state index is 12.2. The van der Waals surface area contributed by atoms with Crippen molar-refractivity contribution in [3.63, 3.8) is 0 Å². The summed E-state index contributed by atoms with van der Waals surface area (Å²) in [5, 5.41) is 0. The molecule has 3 heterocycles. The number of hydrogen-bond acceptors (Lipinski definition) is 4. The maximum atomic E-state index is 12.2. The second-order valence-corrected chi connectivity index (χ2v) is 9.30. The van der Waals surface area contributed by atoms with Crippen molar-refractivity contribution in [2.75, 3.05) is 26.2 Å². The highest BCUT2D eigenvalue weighted by molar-refractivity contribution is 5.68. The Bertz CT molecular complexity index is 654. The molecular formula is C22H32N2O3. The van der Waals surface area contributed by atoms with Gasteiger partial charge in [-0.3, -0.25) is 4.90 Å².